The molecule has 1 aromatic heterocycles. The minimum Gasteiger partial charge on any atom is -0.410 e. The standard InChI is InChI=1S/C11H9NOS/c13-12-11(10-7-4-8-14-10)9-5-2-1-3-6-9/h1-8,13H. The van der Waals surface area contributed by atoms with Crippen LogP contribution in [0.2, 0.25) is 0 Å². The monoisotopic (exact) mass is 203 g/mol. The Labute approximate surface area is 86.1 Å². The van der Waals surface area contributed by atoms with Crippen LogP contribution in [0.1, 0.15) is 10.4 Å². The number of hydrogen-bond acceptors (Lipinski definition) is 3. The van der Waals surface area contributed by atoms with Crippen molar-refractivity contribution in [2.24, 2.45) is 5.16 Å². The molecule has 1 N–H and O–H groups in total. The van der Waals surface area contributed by atoms with Crippen LogP contribution in [-0.4, -0.2) is 10.9 Å². The number of oxime groups is 1. The van der Waals surface area contributed by atoms with Crippen molar-refractivity contribution in [3.8, 4) is 0 Å². The van der Waals surface area contributed by atoms with E-state index in [2.05, 4.69) is 5.16 Å². The highest BCUT2D eigenvalue weighted by atomic mass is 32.1. The minimum atomic E-state index is 0.626. The van der Waals surface area contributed by atoms with E-state index in [1.54, 1.807) is 11.3 Å². The van der Waals surface area contributed by atoms with Gasteiger partial charge in [-0.05, 0) is 11.4 Å². The lowest BCUT2D eigenvalue weighted by Gasteiger charge is -2.00. The summed E-state index contributed by atoms with van der Waals surface area (Å²) >= 11 is 1.56. The smallest absolute Gasteiger partial charge is 0.127 e. The van der Waals surface area contributed by atoms with E-state index in [1.165, 1.54) is 0 Å². The lowest BCUT2D eigenvalue weighted by atomic mass is 10.1. The molecule has 0 unspecified atom stereocenters. The van der Waals surface area contributed by atoms with E-state index in [0.717, 1.165) is 10.4 Å². The van der Waals surface area contributed by atoms with Crippen LogP contribution in [0, 0.1) is 0 Å². The first-order valence-corrected chi connectivity index (χ1v) is 5.11. The zero-order valence-electron chi connectivity index (χ0n) is 7.42. The van der Waals surface area contributed by atoms with Gasteiger partial charge in [-0.25, -0.2) is 0 Å². The first-order valence-electron chi connectivity index (χ1n) is 4.23. The van der Waals surface area contributed by atoms with Crippen molar-refractivity contribution < 1.29 is 5.21 Å². The summed E-state index contributed by atoms with van der Waals surface area (Å²) < 4.78 is 0. The molecule has 2 nitrogen and oxygen atoms in total. The maximum atomic E-state index is 8.95. The van der Waals surface area contributed by atoms with Crippen molar-refractivity contribution in [3.05, 3.63) is 58.3 Å². The third-order valence-electron chi connectivity index (χ3n) is 1.90. The molecular weight excluding hydrogens is 194 g/mol. The molecule has 0 amide bonds. The second kappa shape index (κ2) is 4.07. The molecule has 1 aromatic carbocycles. The molecule has 3 heteroatoms. The second-order valence-corrected chi connectivity index (χ2v) is 3.74. The van der Waals surface area contributed by atoms with Gasteiger partial charge in [0.05, 0.1) is 4.88 Å². The highest BCUT2D eigenvalue weighted by Crippen LogP contribution is 2.15. The Kier molecular flexibility index (Phi) is 2.60. The van der Waals surface area contributed by atoms with Gasteiger partial charge in [0.2, 0.25) is 0 Å². The van der Waals surface area contributed by atoms with E-state index in [9.17, 15) is 0 Å². The molecule has 0 aliphatic carbocycles. The molecule has 0 saturated carbocycles. The fraction of sp³-hybridized carbons (Fsp3) is 0. The van der Waals surface area contributed by atoms with E-state index in [-0.39, 0.29) is 0 Å². The van der Waals surface area contributed by atoms with Crippen LogP contribution < -0.4 is 0 Å². The largest absolute Gasteiger partial charge is 0.410 e. The molecule has 2 aromatic rings. The van der Waals surface area contributed by atoms with E-state index in [0.29, 0.717) is 5.71 Å². The Hall–Kier alpha value is -1.61. The Morgan fingerprint density at radius 3 is 2.43 bits per heavy atom. The zero-order chi connectivity index (χ0) is 9.80. The predicted octanol–water partition coefficient (Wildman–Crippen LogP) is 2.97. The predicted molar refractivity (Wildman–Crippen MR) is 58.2 cm³/mol. The Balaban J connectivity index is 2.43. The van der Waals surface area contributed by atoms with E-state index in [4.69, 9.17) is 5.21 Å². The summed E-state index contributed by atoms with van der Waals surface area (Å²) in [7, 11) is 0. The lowest BCUT2D eigenvalue weighted by molar-refractivity contribution is 0.320. The van der Waals surface area contributed by atoms with Crippen molar-refractivity contribution in [2.45, 2.75) is 0 Å². The Bertz CT molecular complexity index is 420. The summed E-state index contributed by atoms with van der Waals surface area (Å²) in [5, 5.41) is 14.2. The topological polar surface area (TPSA) is 32.6 Å². The number of hydrogen-bond donors (Lipinski definition) is 1. The molecule has 1 heterocycles. The summed E-state index contributed by atoms with van der Waals surface area (Å²) in [5.41, 5.74) is 1.55. The van der Waals surface area contributed by atoms with E-state index < -0.39 is 0 Å². The summed E-state index contributed by atoms with van der Waals surface area (Å²) in [6.07, 6.45) is 0. The van der Waals surface area contributed by atoms with Crippen LogP contribution >= 0.6 is 11.3 Å². The maximum absolute atomic E-state index is 8.95. The third-order valence-corrected chi connectivity index (χ3v) is 2.78. The van der Waals surface area contributed by atoms with Gasteiger partial charge in [-0.2, -0.15) is 0 Å². The first kappa shape index (κ1) is 8.97. The summed E-state index contributed by atoms with van der Waals surface area (Å²) in [6, 6.07) is 13.5. The average Bonchev–Trinajstić information content (AvgIpc) is 2.74. The van der Waals surface area contributed by atoms with Gasteiger partial charge < -0.3 is 5.21 Å². The Morgan fingerprint density at radius 2 is 1.86 bits per heavy atom. The SMILES string of the molecule is ON=C(c1ccccc1)c1cccs1. The number of nitrogens with zero attached hydrogens (tertiary/aromatic N) is 1. The Morgan fingerprint density at radius 1 is 1.07 bits per heavy atom. The zero-order valence-corrected chi connectivity index (χ0v) is 8.24. The molecule has 0 atom stereocenters. The van der Waals surface area contributed by atoms with Crippen LogP contribution in [0.5, 0.6) is 0 Å². The second-order valence-electron chi connectivity index (χ2n) is 2.79. The van der Waals surface area contributed by atoms with Crippen LogP contribution in [0.3, 0.4) is 0 Å². The van der Waals surface area contributed by atoms with Crippen LogP contribution in [0.4, 0.5) is 0 Å². The quantitative estimate of drug-likeness (QED) is 0.454. The van der Waals surface area contributed by atoms with Gasteiger partial charge in [0, 0.05) is 5.56 Å². The van der Waals surface area contributed by atoms with Gasteiger partial charge in [0.1, 0.15) is 5.71 Å². The summed E-state index contributed by atoms with van der Waals surface area (Å²) in [4.78, 5) is 0.971. The number of rotatable bonds is 2. The molecule has 14 heavy (non-hydrogen) atoms. The summed E-state index contributed by atoms with van der Waals surface area (Å²) in [5.74, 6) is 0. The van der Waals surface area contributed by atoms with Crippen LogP contribution in [-0.2, 0) is 0 Å². The number of thiophene rings is 1. The highest BCUT2D eigenvalue weighted by molar-refractivity contribution is 7.12. The molecule has 0 radical (unpaired) electrons. The van der Waals surface area contributed by atoms with Gasteiger partial charge in [0.15, 0.2) is 0 Å². The van der Waals surface area contributed by atoms with Gasteiger partial charge in [0.25, 0.3) is 0 Å². The van der Waals surface area contributed by atoms with Crippen LogP contribution in [0.15, 0.2) is 53.0 Å². The van der Waals surface area contributed by atoms with Crippen molar-refractivity contribution in [2.75, 3.05) is 0 Å². The fourth-order valence-corrected chi connectivity index (χ4v) is 1.99. The molecule has 70 valence electrons. The van der Waals surface area contributed by atoms with Crippen molar-refractivity contribution >= 4 is 17.0 Å². The average molecular weight is 203 g/mol. The van der Waals surface area contributed by atoms with Gasteiger partial charge in [-0.3, -0.25) is 0 Å². The van der Waals surface area contributed by atoms with Crippen molar-refractivity contribution in [1.29, 1.82) is 0 Å². The van der Waals surface area contributed by atoms with Gasteiger partial charge >= 0.3 is 0 Å². The first-order chi connectivity index (χ1) is 6.92. The molecule has 0 fully saturated rings. The normalized spacial score (nSPS) is 11.6. The number of benzene rings is 1. The highest BCUT2D eigenvalue weighted by Gasteiger charge is 2.07. The van der Waals surface area contributed by atoms with Gasteiger partial charge in [-0.15, -0.1) is 11.3 Å². The van der Waals surface area contributed by atoms with Gasteiger partial charge in [-0.1, -0.05) is 41.6 Å². The molecule has 0 aliphatic heterocycles. The van der Waals surface area contributed by atoms with Crippen molar-refractivity contribution in [1.82, 2.24) is 0 Å². The molecule has 0 spiro atoms. The molecular formula is C11H9NOS. The van der Waals surface area contributed by atoms with Crippen LogP contribution in [0.25, 0.3) is 0 Å². The maximum Gasteiger partial charge on any atom is 0.127 e. The molecule has 0 aliphatic rings. The molecule has 0 saturated heterocycles. The van der Waals surface area contributed by atoms with E-state index >= 15 is 0 Å². The molecule has 0 bridgehead atoms. The van der Waals surface area contributed by atoms with Crippen molar-refractivity contribution in [3.63, 3.8) is 0 Å². The lowest BCUT2D eigenvalue weighted by Crippen LogP contribution is -1.99. The fourth-order valence-electron chi connectivity index (χ4n) is 1.26. The molecule has 2 rings (SSSR count). The van der Waals surface area contributed by atoms with E-state index in [1.807, 2.05) is 47.8 Å². The summed E-state index contributed by atoms with van der Waals surface area (Å²) in [6.45, 7) is 0. The third kappa shape index (κ3) is 1.67. The minimum absolute atomic E-state index is 0.626.